The molecule has 0 bridgehead atoms. The van der Waals surface area contributed by atoms with Gasteiger partial charge >= 0.3 is 0 Å². The van der Waals surface area contributed by atoms with Gasteiger partial charge in [-0.05, 0) is 37.4 Å². The molecule has 2 heteroatoms. The number of benzene rings is 1. The standard InChI is InChI=1S/C18H30N2/c1-4-20(5-2)18(16-11-7-6-8-12-16)14-19-17-13-9-10-15(17)3/h6-8,11-12,15,17-19H,4-5,9-10,13-14H2,1-3H3. The number of nitrogens with zero attached hydrogens (tertiary/aromatic N) is 1. The molecule has 112 valence electrons. The molecule has 1 N–H and O–H groups in total. The van der Waals surface area contributed by atoms with Crippen LogP contribution in [0.5, 0.6) is 0 Å². The molecule has 1 aromatic rings. The quantitative estimate of drug-likeness (QED) is 0.812. The molecule has 20 heavy (non-hydrogen) atoms. The Morgan fingerprint density at radius 3 is 2.40 bits per heavy atom. The second kappa shape index (κ2) is 7.80. The number of hydrogen-bond donors (Lipinski definition) is 1. The molecular formula is C18H30N2. The number of hydrogen-bond acceptors (Lipinski definition) is 2. The van der Waals surface area contributed by atoms with Gasteiger partial charge in [-0.15, -0.1) is 0 Å². The number of nitrogens with one attached hydrogen (secondary N) is 1. The first-order valence-electron chi connectivity index (χ1n) is 8.28. The Labute approximate surface area is 124 Å². The molecular weight excluding hydrogens is 244 g/mol. The maximum absolute atomic E-state index is 3.84. The monoisotopic (exact) mass is 274 g/mol. The van der Waals surface area contributed by atoms with Gasteiger partial charge in [-0.3, -0.25) is 4.90 Å². The Morgan fingerprint density at radius 1 is 1.15 bits per heavy atom. The summed E-state index contributed by atoms with van der Waals surface area (Å²) in [6, 6.07) is 12.2. The van der Waals surface area contributed by atoms with Crippen LogP contribution in [-0.4, -0.2) is 30.6 Å². The molecule has 3 atom stereocenters. The highest BCUT2D eigenvalue weighted by atomic mass is 15.2. The van der Waals surface area contributed by atoms with Crippen LogP contribution in [0.4, 0.5) is 0 Å². The van der Waals surface area contributed by atoms with E-state index in [4.69, 9.17) is 0 Å². The molecule has 0 aromatic heterocycles. The van der Waals surface area contributed by atoms with E-state index in [1.807, 2.05) is 0 Å². The zero-order valence-corrected chi connectivity index (χ0v) is 13.3. The maximum atomic E-state index is 3.84. The van der Waals surface area contributed by atoms with Crippen molar-refractivity contribution in [3.05, 3.63) is 35.9 Å². The fourth-order valence-electron chi connectivity index (χ4n) is 3.51. The van der Waals surface area contributed by atoms with Gasteiger partial charge in [0.25, 0.3) is 0 Å². The summed E-state index contributed by atoms with van der Waals surface area (Å²) in [5.74, 6) is 0.836. The van der Waals surface area contributed by atoms with Gasteiger partial charge in [0.05, 0.1) is 0 Å². The topological polar surface area (TPSA) is 15.3 Å². The number of rotatable bonds is 7. The molecule has 2 nitrogen and oxygen atoms in total. The summed E-state index contributed by atoms with van der Waals surface area (Å²) in [5.41, 5.74) is 1.44. The minimum atomic E-state index is 0.499. The molecule has 0 heterocycles. The molecule has 1 aromatic carbocycles. The van der Waals surface area contributed by atoms with Crippen molar-refractivity contribution in [1.82, 2.24) is 10.2 Å². The first-order valence-corrected chi connectivity index (χ1v) is 8.28. The van der Waals surface area contributed by atoms with Gasteiger partial charge in [0.1, 0.15) is 0 Å². The Balaban J connectivity index is 2.03. The molecule has 1 saturated carbocycles. The molecule has 0 aliphatic heterocycles. The predicted octanol–water partition coefficient (Wildman–Crippen LogP) is 3.85. The first-order chi connectivity index (χ1) is 9.76. The molecule has 3 unspecified atom stereocenters. The van der Waals surface area contributed by atoms with Crippen LogP contribution in [0.3, 0.4) is 0 Å². The Kier molecular flexibility index (Phi) is 6.06. The summed E-state index contributed by atoms with van der Waals surface area (Å²) in [5, 5.41) is 3.84. The highest BCUT2D eigenvalue weighted by Crippen LogP contribution is 2.26. The van der Waals surface area contributed by atoms with Crippen molar-refractivity contribution in [3.8, 4) is 0 Å². The minimum Gasteiger partial charge on any atom is -0.312 e. The lowest BCUT2D eigenvalue weighted by molar-refractivity contribution is 0.205. The van der Waals surface area contributed by atoms with Crippen LogP contribution in [0.25, 0.3) is 0 Å². The van der Waals surface area contributed by atoms with Crippen molar-refractivity contribution in [2.45, 2.75) is 52.1 Å². The highest BCUT2D eigenvalue weighted by Gasteiger charge is 2.25. The molecule has 0 radical (unpaired) electrons. The van der Waals surface area contributed by atoms with Crippen LogP contribution in [0, 0.1) is 5.92 Å². The van der Waals surface area contributed by atoms with E-state index in [0.717, 1.165) is 31.6 Å². The summed E-state index contributed by atoms with van der Waals surface area (Å²) >= 11 is 0. The molecule has 0 spiro atoms. The van der Waals surface area contributed by atoms with Crippen LogP contribution in [0.15, 0.2) is 30.3 Å². The van der Waals surface area contributed by atoms with Gasteiger partial charge in [-0.1, -0.05) is 57.5 Å². The fourth-order valence-corrected chi connectivity index (χ4v) is 3.51. The lowest BCUT2D eigenvalue weighted by Crippen LogP contribution is -2.40. The van der Waals surface area contributed by atoms with E-state index in [0.29, 0.717) is 6.04 Å². The number of likely N-dealkylation sites (N-methyl/N-ethyl adjacent to an activating group) is 1. The van der Waals surface area contributed by atoms with Crippen LogP contribution in [0.1, 0.15) is 51.6 Å². The summed E-state index contributed by atoms with van der Waals surface area (Å²) in [4.78, 5) is 2.56. The first kappa shape index (κ1) is 15.5. The molecule has 1 fully saturated rings. The molecule has 0 saturated heterocycles. The van der Waals surface area contributed by atoms with E-state index >= 15 is 0 Å². The third kappa shape index (κ3) is 3.83. The SMILES string of the molecule is CCN(CC)C(CNC1CCCC1C)c1ccccc1. The maximum Gasteiger partial charge on any atom is 0.0472 e. The van der Waals surface area contributed by atoms with Crippen LogP contribution in [0.2, 0.25) is 0 Å². The minimum absolute atomic E-state index is 0.499. The normalized spacial score (nSPS) is 24.2. The molecule has 2 rings (SSSR count). The fraction of sp³-hybridized carbons (Fsp3) is 0.667. The smallest absolute Gasteiger partial charge is 0.0472 e. The summed E-state index contributed by atoms with van der Waals surface area (Å²) < 4.78 is 0. The summed E-state index contributed by atoms with van der Waals surface area (Å²) in [6.07, 6.45) is 4.12. The van der Waals surface area contributed by atoms with Crippen molar-refractivity contribution in [2.24, 2.45) is 5.92 Å². The van der Waals surface area contributed by atoms with Gasteiger partial charge in [-0.25, -0.2) is 0 Å². The van der Waals surface area contributed by atoms with Gasteiger partial charge in [-0.2, -0.15) is 0 Å². The summed E-state index contributed by atoms with van der Waals surface area (Å²) in [6.45, 7) is 10.2. The van der Waals surface area contributed by atoms with E-state index < -0.39 is 0 Å². The lowest BCUT2D eigenvalue weighted by atomic mass is 10.0. The molecule has 1 aliphatic carbocycles. The van der Waals surface area contributed by atoms with E-state index in [-0.39, 0.29) is 0 Å². The Morgan fingerprint density at radius 2 is 1.85 bits per heavy atom. The van der Waals surface area contributed by atoms with Crippen molar-refractivity contribution in [3.63, 3.8) is 0 Å². The predicted molar refractivity (Wildman–Crippen MR) is 86.9 cm³/mol. The van der Waals surface area contributed by atoms with Gasteiger partial charge in [0, 0.05) is 18.6 Å². The highest BCUT2D eigenvalue weighted by molar-refractivity contribution is 5.19. The average Bonchev–Trinajstić information content (AvgIpc) is 2.90. The molecule has 1 aliphatic rings. The second-order valence-electron chi connectivity index (χ2n) is 6.07. The zero-order chi connectivity index (χ0) is 14.4. The van der Waals surface area contributed by atoms with E-state index in [1.54, 1.807) is 0 Å². The summed E-state index contributed by atoms with van der Waals surface area (Å²) in [7, 11) is 0. The van der Waals surface area contributed by atoms with E-state index in [9.17, 15) is 0 Å². The Hall–Kier alpha value is -0.860. The largest absolute Gasteiger partial charge is 0.312 e. The molecule has 0 amide bonds. The van der Waals surface area contributed by atoms with Crippen LogP contribution >= 0.6 is 0 Å². The van der Waals surface area contributed by atoms with Gasteiger partial charge in [0.2, 0.25) is 0 Å². The zero-order valence-electron chi connectivity index (χ0n) is 13.3. The average molecular weight is 274 g/mol. The van der Waals surface area contributed by atoms with Crippen molar-refractivity contribution in [1.29, 1.82) is 0 Å². The lowest BCUT2D eigenvalue weighted by Gasteiger charge is -2.32. The van der Waals surface area contributed by atoms with Crippen molar-refractivity contribution < 1.29 is 0 Å². The second-order valence-corrected chi connectivity index (χ2v) is 6.07. The van der Waals surface area contributed by atoms with Gasteiger partial charge in [0.15, 0.2) is 0 Å². The van der Waals surface area contributed by atoms with Gasteiger partial charge < -0.3 is 5.32 Å². The third-order valence-electron chi connectivity index (χ3n) is 4.87. The van der Waals surface area contributed by atoms with Crippen molar-refractivity contribution >= 4 is 0 Å². The van der Waals surface area contributed by atoms with E-state index in [1.165, 1.54) is 24.8 Å². The third-order valence-corrected chi connectivity index (χ3v) is 4.87. The Bertz CT molecular complexity index is 372. The van der Waals surface area contributed by atoms with Crippen LogP contribution < -0.4 is 5.32 Å². The van der Waals surface area contributed by atoms with Crippen molar-refractivity contribution in [2.75, 3.05) is 19.6 Å². The van der Waals surface area contributed by atoms with E-state index in [2.05, 4.69) is 61.3 Å². The van der Waals surface area contributed by atoms with Crippen LogP contribution in [-0.2, 0) is 0 Å².